The zero-order valence-electron chi connectivity index (χ0n) is 29.4. The number of aromatic hydroxyl groups is 2. The number of nitrogens with two attached hydrogens (primary N) is 2. The second-order valence-electron chi connectivity index (χ2n) is 14.0. The van der Waals surface area contributed by atoms with Gasteiger partial charge in [0, 0.05) is 22.5 Å². The number of nitrogen functional groups attached to an aromatic ring is 2. The third kappa shape index (κ3) is 6.13. The summed E-state index contributed by atoms with van der Waals surface area (Å²) in [5.41, 5.74) is 10.8. The third-order valence-corrected chi connectivity index (χ3v) is 10.5. The Bertz CT molecular complexity index is 2490. The lowest BCUT2D eigenvalue weighted by Gasteiger charge is -2.38. The Morgan fingerprint density at radius 2 is 0.842 bits per heavy atom. The highest BCUT2D eigenvalue weighted by Gasteiger charge is 2.72. The van der Waals surface area contributed by atoms with E-state index in [1.807, 2.05) is 12.1 Å². The zero-order chi connectivity index (χ0) is 40.6. The van der Waals surface area contributed by atoms with Gasteiger partial charge in [-0.25, -0.2) is 0 Å². The van der Waals surface area contributed by atoms with Gasteiger partial charge in [0.2, 0.25) is 5.41 Å². The SMILES string of the molecule is Nc1ccc2c(c1)Cc1cc(C(=O)Nc3cc(C(c4ccc(O)c(NC(=O)c5ccc6c(c5)Cc5cc(N)ccc5-6)c4)(C(F)(F)F)C(F)(F)F)ccc3O)ccc1-2. The van der Waals surface area contributed by atoms with Crippen LogP contribution in [-0.4, -0.2) is 34.4 Å². The van der Waals surface area contributed by atoms with Gasteiger partial charge in [-0.05, 0) is 141 Å². The van der Waals surface area contributed by atoms with Gasteiger partial charge in [-0.3, -0.25) is 9.59 Å². The molecule has 0 saturated carbocycles. The van der Waals surface area contributed by atoms with Gasteiger partial charge in [0.15, 0.2) is 0 Å². The Morgan fingerprint density at radius 3 is 1.21 bits per heavy atom. The summed E-state index contributed by atoms with van der Waals surface area (Å²) < 4.78 is 91.5. The molecule has 2 aliphatic rings. The van der Waals surface area contributed by atoms with E-state index in [9.17, 15) is 19.8 Å². The molecule has 0 atom stereocenters. The van der Waals surface area contributed by atoms with E-state index in [1.54, 1.807) is 48.5 Å². The van der Waals surface area contributed by atoms with Crippen LogP contribution < -0.4 is 22.1 Å². The molecule has 0 unspecified atom stereocenters. The molecule has 14 heteroatoms. The first-order valence-corrected chi connectivity index (χ1v) is 17.4. The van der Waals surface area contributed by atoms with Crippen LogP contribution in [0.25, 0.3) is 22.3 Å². The van der Waals surface area contributed by atoms with Crippen LogP contribution in [0, 0.1) is 0 Å². The summed E-state index contributed by atoms with van der Waals surface area (Å²) in [7, 11) is 0. The van der Waals surface area contributed by atoms with Crippen molar-refractivity contribution in [3.63, 3.8) is 0 Å². The summed E-state index contributed by atoms with van der Waals surface area (Å²) in [5.74, 6) is -3.40. The lowest BCUT2D eigenvalue weighted by atomic mass is 9.72. The maximum Gasteiger partial charge on any atom is 0.411 e. The molecule has 0 aromatic heterocycles. The van der Waals surface area contributed by atoms with Crippen LogP contribution in [0.2, 0.25) is 0 Å². The molecular weight excluding hydrogens is 750 g/mol. The van der Waals surface area contributed by atoms with Crippen LogP contribution >= 0.6 is 0 Å². The van der Waals surface area contributed by atoms with E-state index in [-0.39, 0.29) is 11.1 Å². The predicted molar refractivity (Wildman–Crippen MR) is 203 cm³/mol. The van der Waals surface area contributed by atoms with Gasteiger partial charge in [-0.2, -0.15) is 26.3 Å². The van der Waals surface area contributed by atoms with E-state index in [1.165, 1.54) is 12.1 Å². The van der Waals surface area contributed by atoms with Crippen molar-refractivity contribution in [2.75, 3.05) is 22.1 Å². The topological polar surface area (TPSA) is 151 Å². The molecular formula is C43H30F6N4O4. The van der Waals surface area contributed by atoms with Gasteiger partial charge in [0.05, 0.1) is 11.4 Å². The van der Waals surface area contributed by atoms with Crippen molar-refractivity contribution >= 4 is 34.6 Å². The molecule has 57 heavy (non-hydrogen) atoms. The van der Waals surface area contributed by atoms with Crippen molar-refractivity contribution in [1.82, 2.24) is 0 Å². The zero-order valence-corrected chi connectivity index (χ0v) is 29.4. The maximum absolute atomic E-state index is 15.3. The van der Waals surface area contributed by atoms with Gasteiger partial charge >= 0.3 is 12.4 Å². The van der Waals surface area contributed by atoms with Crippen LogP contribution in [0.4, 0.5) is 49.1 Å². The Labute approximate surface area is 320 Å². The summed E-state index contributed by atoms with van der Waals surface area (Å²) in [6.07, 6.45) is -11.3. The number of nitrogens with one attached hydrogen (secondary N) is 2. The quantitative estimate of drug-likeness (QED) is 0.0563. The number of halogens is 6. The monoisotopic (exact) mass is 780 g/mol. The first-order chi connectivity index (χ1) is 26.9. The third-order valence-electron chi connectivity index (χ3n) is 10.5. The average molecular weight is 781 g/mol. The highest BCUT2D eigenvalue weighted by molar-refractivity contribution is 6.06. The van der Waals surface area contributed by atoms with Crippen LogP contribution in [0.3, 0.4) is 0 Å². The maximum atomic E-state index is 15.3. The second-order valence-corrected chi connectivity index (χ2v) is 14.0. The average Bonchev–Trinajstić information content (AvgIpc) is 3.69. The first-order valence-electron chi connectivity index (χ1n) is 17.4. The molecule has 6 aromatic carbocycles. The van der Waals surface area contributed by atoms with Crippen molar-refractivity contribution < 1.29 is 46.1 Å². The summed E-state index contributed by atoms with van der Waals surface area (Å²) in [4.78, 5) is 26.8. The molecule has 0 bridgehead atoms. The minimum atomic E-state index is -6.08. The molecule has 0 spiro atoms. The predicted octanol–water partition coefficient (Wildman–Crippen LogP) is 9.32. The number of phenolic OH excluding ortho intramolecular Hbond substituents is 2. The molecule has 0 heterocycles. The highest BCUT2D eigenvalue weighted by Crippen LogP contribution is 2.57. The fourth-order valence-electron chi connectivity index (χ4n) is 7.85. The summed E-state index contributed by atoms with van der Waals surface area (Å²) in [5, 5.41) is 25.7. The number of fused-ring (bicyclic) bond motifs is 6. The van der Waals surface area contributed by atoms with Gasteiger partial charge in [0.1, 0.15) is 11.5 Å². The number of benzene rings is 6. The van der Waals surface area contributed by atoms with Crippen LogP contribution in [0.5, 0.6) is 11.5 Å². The molecule has 0 saturated heterocycles. The minimum absolute atomic E-state index is 0.0359. The Hall–Kier alpha value is -6.96. The fourth-order valence-corrected chi connectivity index (χ4v) is 7.85. The number of alkyl halides is 6. The van der Waals surface area contributed by atoms with Crippen LogP contribution in [0.15, 0.2) is 109 Å². The standard InChI is InChI=1S/C43H30F6N4O4/c44-42(45,46)41(43(47,48)49,27-3-11-37(54)35(19-27)52-39(56)21-1-7-31-23(13-21)15-25-17-29(50)5-9-33(25)31)28-4-12-38(55)36(20-28)53-40(57)22-2-8-32-24(14-22)16-26-18-30(51)6-10-34(26)32/h1-14,17-20,54-55H,15-16,50-51H2,(H,52,56)(H,53,57). The lowest BCUT2D eigenvalue weighted by molar-refractivity contribution is -0.288. The highest BCUT2D eigenvalue weighted by atomic mass is 19.4. The smallest absolute Gasteiger partial charge is 0.411 e. The molecule has 288 valence electrons. The molecule has 2 amide bonds. The van der Waals surface area contributed by atoms with Crippen molar-refractivity contribution in [3.05, 3.63) is 154 Å². The number of hydrogen-bond acceptors (Lipinski definition) is 6. The van der Waals surface area contributed by atoms with Gasteiger partial charge in [0.25, 0.3) is 11.8 Å². The first kappa shape index (κ1) is 37.0. The van der Waals surface area contributed by atoms with E-state index in [0.717, 1.165) is 44.5 Å². The fraction of sp³-hybridized carbons (Fsp3) is 0.116. The molecule has 2 aliphatic carbocycles. The van der Waals surface area contributed by atoms with E-state index >= 15 is 26.3 Å². The minimum Gasteiger partial charge on any atom is -0.506 e. The number of anilines is 4. The van der Waals surface area contributed by atoms with Gasteiger partial charge in [-0.1, -0.05) is 36.4 Å². The number of hydrogen-bond donors (Lipinski definition) is 6. The van der Waals surface area contributed by atoms with E-state index < -0.39 is 63.6 Å². The van der Waals surface area contributed by atoms with Crippen molar-refractivity contribution in [3.8, 4) is 33.8 Å². The van der Waals surface area contributed by atoms with E-state index in [4.69, 9.17) is 11.5 Å². The molecule has 0 aliphatic heterocycles. The Balaban J connectivity index is 1.12. The number of carbonyl (C=O) groups is 2. The number of phenols is 2. The van der Waals surface area contributed by atoms with E-state index in [2.05, 4.69) is 10.6 Å². The molecule has 6 aromatic rings. The summed E-state index contributed by atoms with van der Waals surface area (Å²) >= 11 is 0. The van der Waals surface area contributed by atoms with Gasteiger partial charge in [-0.15, -0.1) is 0 Å². The number of carbonyl (C=O) groups excluding carboxylic acids is 2. The molecule has 8 nitrogen and oxygen atoms in total. The summed E-state index contributed by atoms with van der Waals surface area (Å²) in [6, 6.07) is 23.0. The number of amides is 2. The van der Waals surface area contributed by atoms with Crippen molar-refractivity contribution in [2.45, 2.75) is 30.6 Å². The number of rotatable bonds is 6. The van der Waals surface area contributed by atoms with E-state index in [0.29, 0.717) is 60.6 Å². The second kappa shape index (κ2) is 13.1. The largest absolute Gasteiger partial charge is 0.506 e. The van der Waals surface area contributed by atoms with Crippen molar-refractivity contribution in [2.24, 2.45) is 0 Å². The van der Waals surface area contributed by atoms with Crippen molar-refractivity contribution in [1.29, 1.82) is 0 Å². The molecule has 0 fully saturated rings. The summed E-state index contributed by atoms with van der Waals surface area (Å²) in [6.45, 7) is 0. The van der Waals surface area contributed by atoms with Gasteiger partial charge < -0.3 is 32.3 Å². The van der Waals surface area contributed by atoms with Crippen LogP contribution in [0.1, 0.15) is 54.1 Å². The lowest BCUT2D eigenvalue weighted by Crippen LogP contribution is -2.54. The Morgan fingerprint density at radius 1 is 0.491 bits per heavy atom. The molecule has 8 N–H and O–H groups in total. The molecule has 8 rings (SSSR count). The van der Waals surface area contributed by atoms with Crippen LogP contribution in [-0.2, 0) is 18.3 Å². The molecule has 0 radical (unpaired) electrons. The Kier molecular flexibility index (Phi) is 8.48. The normalized spacial score (nSPS) is 13.0.